The normalized spacial score (nSPS) is 31.1. The molecule has 2 bridgehead atoms. The number of hydrogen-bond donors (Lipinski definition) is 0. The molecule has 0 aliphatic heterocycles. The highest BCUT2D eigenvalue weighted by Gasteiger charge is 2.77. The number of fused-ring (bicyclic) bond motifs is 2. The Morgan fingerprint density at radius 2 is 1.55 bits per heavy atom. The van der Waals surface area contributed by atoms with Crippen LogP contribution in [0.2, 0.25) is 0 Å². The minimum absolute atomic E-state index is 0.0554. The lowest BCUT2D eigenvalue weighted by Crippen LogP contribution is -2.64. The molecule has 3 unspecified atom stereocenters. The first-order chi connectivity index (χ1) is 9.13. The second-order valence-corrected chi connectivity index (χ2v) is 5.56. The van der Waals surface area contributed by atoms with Crippen LogP contribution in [0.3, 0.4) is 0 Å². The van der Waals surface area contributed by atoms with E-state index in [1.54, 1.807) is 0 Å². The number of hydrogen-bond acceptors (Lipinski definition) is 2. The number of alkyl halides is 6. The van der Waals surface area contributed by atoms with Gasteiger partial charge < -0.3 is 9.47 Å². The van der Waals surface area contributed by atoms with Crippen LogP contribution in [0.5, 0.6) is 0 Å². The van der Waals surface area contributed by atoms with Crippen molar-refractivity contribution in [1.82, 2.24) is 0 Å². The van der Waals surface area contributed by atoms with Gasteiger partial charge in [0, 0.05) is 13.0 Å². The molecule has 0 radical (unpaired) electrons. The Morgan fingerprint density at radius 1 is 0.950 bits per heavy atom. The van der Waals surface area contributed by atoms with Gasteiger partial charge in [0.25, 0.3) is 5.60 Å². The van der Waals surface area contributed by atoms with Crippen molar-refractivity contribution >= 4 is 0 Å². The Labute approximate surface area is 112 Å². The molecule has 0 spiro atoms. The Kier molecular flexibility index (Phi) is 4.01. The Hall–Kier alpha value is -0.500. The molecule has 118 valence electrons. The Balaban J connectivity index is 2.41. The molecule has 0 N–H and O–H groups in total. The van der Waals surface area contributed by atoms with Gasteiger partial charge in [0.05, 0.1) is 0 Å². The summed E-state index contributed by atoms with van der Waals surface area (Å²) in [7, 11) is 0.998. The van der Waals surface area contributed by atoms with Crippen molar-refractivity contribution in [1.29, 1.82) is 0 Å². The van der Waals surface area contributed by atoms with Gasteiger partial charge in [-0.05, 0) is 31.1 Å². The molecule has 2 rings (SSSR count). The SMILES string of the molecule is COCOC(C1CC2CCC1C2)(C(F)(F)F)C(F)(F)F. The lowest BCUT2D eigenvalue weighted by molar-refractivity contribution is -0.411. The molecular weight excluding hydrogens is 290 g/mol. The van der Waals surface area contributed by atoms with Crippen molar-refractivity contribution in [2.45, 2.75) is 43.6 Å². The molecule has 2 nitrogen and oxygen atoms in total. The zero-order valence-electron chi connectivity index (χ0n) is 10.9. The first-order valence-electron chi connectivity index (χ1n) is 6.40. The highest BCUT2D eigenvalue weighted by Crippen LogP contribution is 2.61. The zero-order valence-corrected chi connectivity index (χ0v) is 10.9. The predicted molar refractivity (Wildman–Crippen MR) is 56.7 cm³/mol. The molecule has 0 aromatic heterocycles. The van der Waals surface area contributed by atoms with Gasteiger partial charge in [-0.1, -0.05) is 6.42 Å². The molecule has 2 aliphatic carbocycles. The third kappa shape index (κ3) is 2.30. The van der Waals surface area contributed by atoms with Crippen LogP contribution in [-0.4, -0.2) is 31.9 Å². The number of halogens is 6. The maximum Gasteiger partial charge on any atom is 0.426 e. The van der Waals surface area contributed by atoms with Crippen LogP contribution in [0.1, 0.15) is 25.7 Å². The van der Waals surface area contributed by atoms with Crippen molar-refractivity contribution in [3.05, 3.63) is 0 Å². The van der Waals surface area contributed by atoms with Crippen molar-refractivity contribution in [2.75, 3.05) is 13.9 Å². The second kappa shape index (κ2) is 5.05. The Bertz CT molecular complexity index is 337. The van der Waals surface area contributed by atoms with E-state index in [1.807, 2.05) is 0 Å². The molecule has 0 aromatic carbocycles. The summed E-state index contributed by atoms with van der Waals surface area (Å²) in [4.78, 5) is 0. The van der Waals surface area contributed by atoms with Gasteiger partial charge in [0.2, 0.25) is 0 Å². The van der Waals surface area contributed by atoms with Gasteiger partial charge in [-0.2, -0.15) is 26.3 Å². The molecule has 2 fully saturated rings. The van der Waals surface area contributed by atoms with Crippen LogP contribution in [0.15, 0.2) is 0 Å². The van der Waals surface area contributed by atoms with E-state index in [0.29, 0.717) is 19.3 Å². The summed E-state index contributed by atoms with van der Waals surface area (Å²) >= 11 is 0. The quantitative estimate of drug-likeness (QED) is 0.579. The van der Waals surface area contributed by atoms with E-state index < -0.39 is 36.6 Å². The molecule has 2 saturated carbocycles. The molecule has 0 heterocycles. The molecular formula is C12H16F6O2. The molecule has 3 atom stereocenters. The minimum Gasteiger partial charge on any atom is -0.359 e. The summed E-state index contributed by atoms with van der Waals surface area (Å²) in [6.07, 6.45) is -9.59. The molecule has 8 heteroatoms. The van der Waals surface area contributed by atoms with Gasteiger partial charge in [0.15, 0.2) is 0 Å². The van der Waals surface area contributed by atoms with Crippen LogP contribution in [0, 0.1) is 17.8 Å². The van der Waals surface area contributed by atoms with E-state index in [-0.39, 0.29) is 12.3 Å². The van der Waals surface area contributed by atoms with E-state index in [2.05, 4.69) is 9.47 Å². The predicted octanol–water partition coefficient (Wildman–Crippen LogP) is 3.91. The first-order valence-corrected chi connectivity index (χ1v) is 6.40. The van der Waals surface area contributed by atoms with E-state index in [0.717, 1.165) is 7.11 Å². The summed E-state index contributed by atoms with van der Waals surface area (Å²) in [6.45, 7) is -1.03. The molecule has 0 saturated heterocycles. The first kappa shape index (κ1) is 15.9. The van der Waals surface area contributed by atoms with Crippen LogP contribution < -0.4 is 0 Å². The Morgan fingerprint density at radius 3 is 1.90 bits per heavy atom. The lowest BCUT2D eigenvalue weighted by Gasteiger charge is -2.44. The maximum absolute atomic E-state index is 13.3. The maximum atomic E-state index is 13.3. The summed E-state index contributed by atoms with van der Waals surface area (Å²) in [6, 6.07) is 0. The van der Waals surface area contributed by atoms with E-state index in [9.17, 15) is 26.3 Å². The molecule has 2 aliphatic rings. The fraction of sp³-hybridized carbons (Fsp3) is 1.00. The summed E-state index contributed by atoms with van der Waals surface area (Å²) in [5.41, 5.74) is -4.12. The summed E-state index contributed by atoms with van der Waals surface area (Å²) in [5, 5.41) is 0. The zero-order chi connectivity index (χ0) is 15.2. The van der Waals surface area contributed by atoms with Crippen LogP contribution in [0.4, 0.5) is 26.3 Å². The lowest BCUT2D eigenvalue weighted by atomic mass is 9.75. The van der Waals surface area contributed by atoms with E-state index in [4.69, 9.17) is 0 Å². The van der Waals surface area contributed by atoms with Gasteiger partial charge >= 0.3 is 12.4 Å². The smallest absolute Gasteiger partial charge is 0.359 e. The van der Waals surface area contributed by atoms with E-state index in [1.165, 1.54) is 0 Å². The van der Waals surface area contributed by atoms with E-state index >= 15 is 0 Å². The largest absolute Gasteiger partial charge is 0.426 e. The minimum atomic E-state index is -5.51. The highest BCUT2D eigenvalue weighted by molar-refractivity contribution is 5.08. The van der Waals surface area contributed by atoms with Gasteiger partial charge in [-0.25, -0.2) is 0 Å². The summed E-state index contributed by atoms with van der Waals surface area (Å²) in [5.74, 6) is -2.21. The van der Waals surface area contributed by atoms with Crippen LogP contribution in [0.25, 0.3) is 0 Å². The van der Waals surface area contributed by atoms with Crippen molar-refractivity contribution in [2.24, 2.45) is 17.8 Å². The highest BCUT2D eigenvalue weighted by atomic mass is 19.4. The van der Waals surface area contributed by atoms with Crippen LogP contribution >= 0.6 is 0 Å². The van der Waals surface area contributed by atoms with Gasteiger partial charge in [-0.15, -0.1) is 0 Å². The molecule has 20 heavy (non-hydrogen) atoms. The van der Waals surface area contributed by atoms with Gasteiger partial charge in [0.1, 0.15) is 6.79 Å². The molecule has 0 amide bonds. The van der Waals surface area contributed by atoms with Crippen molar-refractivity contribution in [3.8, 4) is 0 Å². The van der Waals surface area contributed by atoms with Gasteiger partial charge in [-0.3, -0.25) is 0 Å². The number of methoxy groups -OCH3 is 1. The third-order valence-corrected chi connectivity index (χ3v) is 4.51. The van der Waals surface area contributed by atoms with Crippen LogP contribution in [-0.2, 0) is 9.47 Å². The second-order valence-electron chi connectivity index (χ2n) is 5.56. The fourth-order valence-corrected chi connectivity index (χ4v) is 3.75. The summed E-state index contributed by atoms with van der Waals surface area (Å²) < 4.78 is 88.2. The van der Waals surface area contributed by atoms with Crippen molar-refractivity contribution < 1.29 is 35.8 Å². The average Bonchev–Trinajstić information content (AvgIpc) is 2.88. The third-order valence-electron chi connectivity index (χ3n) is 4.51. The number of ether oxygens (including phenoxy) is 2. The topological polar surface area (TPSA) is 18.5 Å². The monoisotopic (exact) mass is 306 g/mol. The fourth-order valence-electron chi connectivity index (χ4n) is 3.75. The average molecular weight is 306 g/mol. The molecule has 0 aromatic rings. The number of rotatable bonds is 4. The standard InChI is InChI=1S/C12H16F6O2/c1-19-6-20-10(11(13,14)15,12(16,17)18)9-5-7-2-3-8(9)4-7/h7-9H,2-6H2,1H3. The van der Waals surface area contributed by atoms with Crippen molar-refractivity contribution in [3.63, 3.8) is 0 Å².